The number of benzene rings is 2. The molecule has 1 aromatic heterocycles. The molecule has 1 N–H and O–H groups in total. The molecule has 0 fully saturated rings. The molecule has 1 heterocycles. The smallest absolute Gasteiger partial charge is 0.258 e. The Morgan fingerprint density at radius 1 is 1.17 bits per heavy atom. The predicted octanol–water partition coefficient (Wildman–Crippen LogP) is 4.15. The standard InChI is InChI=1S/C24H29N3O3/c1-16(2)20-11-6-17(3)14-21(20)30-15-22(28)26-23(24-25-12-13-27(24)4)18-7-9-19(29-5)10-8-18/h6-14,16,23H,15H2,1-5H3,(H,26,28). The molecule has 0 aliphatic heterocycles. The minimum atomic E-state index is -0.394. The van der Waals surface area contributed by atoms with Crippen LogP contribution in [0.25, 0.3) is 0 Å². The first-order valence-electron chi connectivity index (χ1n) is 10.0. The van der Waals surface area contributed by atoms with Crippen molar-refractivity contribution < 1.29 is 14.3 Å². The number of carbonyl (C=O) groups excluding carboxylic acids is 1. The van der Waals surface area contributed by atoms with Crippen LogP contribution in [-0.2, 0) is 11.8 Å². The summed E-state index contributed by atoms with van der Waals surface area (Å²) < 4.78 is 13.0. The predicted molar refractivity (Wildman–Crippen MR) is 117 cm³/mol. The van der Waals surface area contributed by atoms with Gasteiger partial charge < -0.3 is 19.4 Å². The number of aromatic nitrogens is 2. The number of hydrogen-bond donors (Lipinski definition) is 1. The van der Waals surface area contributed by atoms with Crippen LogP contribution in [0.4, 0.5) is 0 Å². The van der Waals surface area contributed by atoms with E-state index in [1.165, 1.54) is 0 Å². The fourth-order valence-corrected chi connectivity index (χ4v) is 3.34. The third-order valence-electron chi connectivity index (χ3n) is 5.02. The Hall–Kier alpha value is -3.28. The van der Waals surface area contributed by atoms with Gasteiger partial charge in [0, 0.05) is 19.4 Å². The quantitative estimate of drug-likeness (QED) is 0.609. The van der Waals surface area contributed by atoms with Gasteiger partial charge in [-0.2, -0.15) is 0 Å². The van der Waals surface area contributed by atoms with Crippen LogP contribution in [0.3, 0.4) is 0 Å². The molecule has 0 radical (unpaired) electrons. The van der Waals surface area contributed by atoms with E-state index in [-0.39, 0.29) is 12.5 Å². The Labute approximate surface area is 177 Å². The maximum atomic E-state index is 12.8. The lowest BCUT2D eigenvalue weighted by molar-refractivity contribution is -0.123. The van der Waals surface area contributed by atoms with E-state index in [1.54, 1.807) is 13.3 Å². The van der Waals surface area contributed by atoms with Crippen molar-refractivity contribution in [1.82, 2.24) is 14.9 Å². The second-order valence-electron chi connectivity index (χ2n) is 7.65. The normalized spacial score (nSPS) is 11.9. The van der Waals surface area contributed by atoms with Gasteiger partial charge in [-0.3, -0.25) is 4.79 Å². The van der Waals surface area contributed by atoms with Crippen molar-refractivity contribution in [3.8, 4) is 11.5 Å². The fourth-order valence-electron chi connectivity index (χ4n) is 3.34. The maximum Gasteiger partial charge on any atom is 0.258 e. The van der Waals surface area contributed by atoms with Crippen molar-refractivity contribution in [2.45, 2.75) is 32.7 Å². The van der Waals surface area contributed by atoms with Gasteiger partial charge in [-0.05, 0) is 47.7 Å². The van der Waals surface area contributed by atoms with Crippen molar-refractivity contribution in [3.05, 3.63) is 77.4 Å². The van der Waals surface area contributed by atoms with Gasteiger partial charge in [-0.1, -0.05) is 38.1 Å². The third-order valence-corrected chi connectivity index (χ3v) is 5.02. The molecule has 0 aliphatic carbocycles. The van der Waals surface area contributed by atoms with Gasteiger partial charge in [0.1, 0.15) is 23.4 Å². The molecule has 6 heteroatoms. The summed E-state index contributed by atoms with van der Waals surface area (Å²) in [7, 11) is 3.53. The Morgan fingerprint density at radius 3 is 2.50 bits per heavy atom. The first kappa shape index (κ1) is 21.4. The number of rotatable bonds is 8. The van der Waals surface area contributed by atoms with Crippen molar-refractivity contribution in [2.24, 2.45) is 7.05 Å². The first-order chi connectivity index (χ1) is 14.4. The van der Waals surface area contributed by atoms with Crippen LogP contribution >= 0.6 is 0 Å². The molecule has 3 rings (SSSR count). The molecule has 158 valence electrons. The Balaban J connectivity index is 1.77. The molecule has 2 aromatic carbocycles. The first-order valence-corrected chi connectivity index (χ1v) is 10.0. The van der Waals surface area contributed by atoms with Crippen LogP contribution in [0, 0.1) is 6.92 Å². The molecular formula is C24H29N3O3. The highest BCUT2D eigenvalue weighted by Gasteiger charge is 2.21. The molecular weight excluding hydrogens is 378 g/mol. The number of nitrogens with one attached hydrogen (secondary N) is 1. The highest BCUT2D eigenvalue weighted by atomic mass is 16.5. The second kappa shape index (κ2) is 9.48. The van der Waals surface area contributed by atoms with E-state index in [1.807, 2.05) is 55.1 Å². The Morgan fingerprint density at radius 2 is 1.90 bits per heavy atom. The maximum absolute atomic E-state index is 12.8. The summed E-state index contributed by atoms with van der Waals surface area (Å²) in [4.78, 5) is 17.2. The van der Waals surface area contributed by atoms with Crippen molar-refractivity contribution in [2.75, 3.05) is 13.7 Å². The van der Waals surface area contributed by atoms with Crippen molar-refractivity contribution in [3.63, 3.8) is 0 Å². The zero-order valence-corrected chi connectivity index (χ0v) is 18.2. The van der Waals surface area contributed by atoms with E-state index in [0.717, 1.165) is 34.0 Å². The second-order valence-corrected chi connectivity index (χ2v) is 7.65. The highest BCUT2D eigenvalue weighted by molar-refractivity contribution is 5.78. The van der Waals surface area contributed by atoms with Gasteiger partial charge in [-0.15, -0.1) is 0 Å². The largest absolute Gasteiger partial charge is 0.497 e. The number of ether oxygens (including phenoxy) is 2. The van der Waals surface area contributed by atoms with E-state index < -0.39 is 6.04 Å². The summed E-state index contributed by atoms with van der Waals surface area (Å²) in [6.45, 7) is 6.16. The van der Waals surface area contributed by atoms with Crippen molar-refractivity contribution in [1.29, 1.82) is 0 Å². The summed E-state index contributed by atoms with van der Waals surface area (Å²) in [6.07, 6.45) is 3.58. The number of methoxy groups -OCH3 is 1. The molecule has 0 bridgehead atoms. The van der Waals surface area contributed by atoms with Crippen LogP contribution in [0.5, 0.6) is 11.5 Å². The SMILES string of the molecule is COc1ccc(C(NC(=O)COc2cc(C)ccc2C(C)C)c2nccn2C)cc1. The topological polar surface area (TPSA) is 65.4 Å². The van der Waals surface area contributed by atoms with E-state index in [2.05, 4.69) is 36.3 Å². The van der Waals surface area contributed by atoms with Crippen LogP contribution < -0.4 is 14.8 Å². The summed E-state index contributed by atoms with van der Waals surface area (Å²) in [5.74, 6) is 2.34. The molecule has 0 saturated heterocycles. The molecule has 0 aliphatic rings. The molecule has 1 amide bonds. The average molecular weight is 408 g/mol. The Kier molecular flexibility index (Phi) is 6.77. The zero-order chi connectivity index (χ0) is 21.7. The monoisotopic (exact) mass is 407 g/mol. The van der Waals surface area contributed by atoms with E-state index >= 15 is 0 Å². The van der Waals surface area contributed by atoms with Gasteiger partial charge in [0.25, 0.3) is 5.91 Å². The summed E-state index contributed by atoms with van der Waals surface area (Å²) >= 11 is 0. The summed E-state index contributed by atoms with van der Waals surface area (Å²) in [5.41, 5.74) is 3.10. The number of amides is 1. The molecule has 6 nitrogen and oxygen atoms in total. The molecule has 3 aromatic rings. The van der Waals surface area contributed by atoms with Crippen LogP contribution in [0.1, 0.15) is 48.3 Å². The van der Waals surface area contributed by atoms with Crippen LogP contribution in [-0.4, -0.2) is 29.2 Å². The third kappa shape index (κ3) is 5.00. The number of aryl methyl sites for hydroxylation is 2. The summed E-state index contributed by atoms with van der Waals surface area (Å²) in [6, 6.07) is 13.3. The van der Waals surface area contributed by atoms with Gasteiger partial charge in [0.2, 0.25) is 0 Å². The summed E-state index contributed by atoms with van der Waals surface area (Å²) in [5, 5.41) is 3.06. The van der Waals surface area contributed by atoms with E-state index in [4.69, 9.17) is 9.47 Å². The van der Waals surface area contributed by atoms with Gasteiger partial charge in [0.05, 0.1) is 7.11 Å². The fraction of sp³-hybridized carbons (Fsp3) is 0.333. The molecule has 30 heavy (non-hydrogen) atoms. The lowest BCUT2D eigenvalue weighted by atomic mass is 10.0. The average Bonchev–Trinajstić information content (AvgIpc) is 3.16. The molecule has 0 saturated carbocycles. The number of carbonyl (C=O) groups is 1. The highest BCUT2D eigenvalue weighted by Crippen LogP contribution is 2.28. The lowest BCUT2D eigenvalue weighted by Gasteiger charge is -2.20. The number of imidazole rings is 1. The number of hydrogen-bond acceptors (Lipinski definition) is 4. The molecule has 1 atom stereocenters. The molecule has 1 unspecified atom stereocenters. The van der Waals surface area contributed by atoms with E-state index in [0.29, 0.717) is 5.92 Å². The lowest BCUT2D eigenvalue weighted by Crippen LogP contribution is -2.34. The van der Waals surface area contributed by atoms with Crippen LogP contribution in [0.2, 0.25) is 0 Å². The van der Waals surface area contributed by atoms with Crippen LogP contribution in [0.15, 0.2) is 54.9 Å². The number of nitrogens with zero attached hydrogens (tertiary/aromatic N) is 2. The van der Waals surface area contributed by atoms with Gasteiger partial charge >= 0.3 is 0 Å². The van der Waals surface area contributed by atoms with Gasteiger partial charge in [-0.25, -0.2) is 4.98 Å². The molecule has 0 spiro atoms. The minimum Gasteiger partial charge on any atom is -0.497 e. The van der Waals surface area contributed by atoms with E-state index in [9.17, 15) is 4.79 Å². The van der Waals surface area contributed by atoms with Crippen molar-refractivity contribution >= 4 is 5.91 Å². The Bertz CT molecular complexity index is 993. The van der Waals surface area contributed by atoms with Gasteiger partial charge in [0.15, 0.2) is 6.61 Å². The zero-order valence-electron chi connectivity index (χ0n) is 18.2. The minimum absolute atomic E-state index is 0.0692.